The number of halogens is 1. The number of guanidine groups is 1. The summed E-state index contributed by atoms with van der Waals surface area (Å²) in [7, 11) is 1.37. The van der Waals surface area contributed by atoms with Crippen molar-refractivity contribution in [3.63, 3.8) is 0 Å². The zero-order valence-electron chi connectivity index (χ0n) is 14.5. The number of rotatable bonds is 4. The maximum absolute atomic E-state index is 11.6. The van der Waals surface area contributed by atoms with Crippen LogP contribution in [-0.2, 0) is 11.3 Å². The molecule has 2 aromatic rings. The third-order valence-electron chi connectivity index (χ3n) is 4.07. The number of esters is 1. The first-order valence-electron chi connectivity index (χ1n) is 8.04. The van der Waals surface area contributed by atoms with Gasteiger partial charge in [0.25, 0.3) is 0 Å². The summed E-state index contributed by atoms with van der Waals surface area (Å²) in [6.07, 6.45) is 1.82. The number of nitrogens with two attached hydrogens (primary N) is 1. The van der Waals surface area contributed by atoms with Crippen LogP contribution in [0.3, 0.4) is 0 Å². The molecule has 1 saturated heterocycles. The highest BCUT2D eigenvalue weighted by Crippen LogP contribution is 2.18. The lowest BCUT2D eigenvalue weighted by Crippen LogP contribution is -2.51. The van der Waals surface area contributed by atoms with Crippen LogP contribution >= 0.6 is 35.3 Å². The summed E-state index contributed by atoms with van der Waals surface area (Å²) in [5.74, 6) is 0.180. The van der Waals surface area contributed by atoms with E-state index in [1.165, 1.54) is 7.11 Å². The predicted octanol–water partition coefficient (Wildman–Crippen LogP) is 2.18. The highest BCUT2D eigenvalue weighted by atomic mass is 127. The van der Waals surface area contributed by atoms with E-state index in [4.69, 9.17) is 10.5 Å². The standard InChI is InChI=1S/C17H21N5O2S.HI/c1-24-15(23)14-4-2-3-13(11-14)12-20-16(18)21-6-8-22(9-7-21)17-19-5-10-25-17;/h2-5,10-11H,6-9,12H2,1H3,(H2,18,20);1H. The number of hydrogen-bond donors (Lipinski definition) is 1. The van der Waals surface area contributed by atoms with Crippen molar-refractivity contribution in [3.8, 4) is 0 Å². The van der Waals surface area contributed by atoms with Gasteiger partial charge in [-0.1, -0.05) is 12.1 Å². The number of anilines is 1. The number of nitrogens with zero attached hydrogens (tertiary/aromatic N) is 4. The molecule has 1 fully saturated rings. The first kappa shape index (κ1) is 20.4. The van der Waals surface area contributed by atoms with Crippen molar-refractivity contribution >= 4 is 52.4 Å². The summed E-state index contributed by atoms with van der Waals surface area (Å²) >= 11 is 1.65. The Morgan fingerprint density at radius 2 is 2.12 bits per heavy atom. The fourth-order valence-corrected chi connectivity index (χ4v) is 3.38. The Kier molecular flexibility index (Phi) is 7.64. The molecule has 1 aliphatic heterocycles. The van der Waals surface area contributed by atoms with Gasteiger partial charge in [0.1, 0.15) is 0 Å². The quantitative estimate of drug-likeness (QED) is 0.308. The lowest BCUT2D eigenvalue weighted by molar-refractivity contribution is 0.0600. The third kappa shape index (κ3) is 5.07. The van der Waals surface area contributed by atoms with Gasteiger partial charge in [-0.3, -0.25) is 0 Å². The van der Waals surface area contributed by atoms with Gasteiger partial charge in [-0.25, -0.2) is 14.8 Å². The number of aliphatic imine (C=N–C) groups is 1. The van der Waals surface area contributed by atoms with Gasteiger partial charge >= 0.3 is 5.97 Å². The zero-order chi connectivity index (χ0) is 17.6. The van der Waals surface area contributed by atoms with Crippen LogP contribution in [0.5, 0.6) is 0 Å². The topological polar surface area (TPSA) is 84.0 Å². The van der Waals surface area contributed by atoms with Crippen molar-refractivity contribution in [1.82, 2.24) is 9.88 Å². The molecule has 2 N–H and O–H groups in total. The van der Waals surface area contributed by atoms with E-state index in [9.17, 15) is 4.79 Å². The van der Waals surface area contributed by atoms with Crippen LogP contribution in [0, 0.1) is 0 Å². The Hall–Kier alpha value is -1.88. The monoisotopic (exact) mass is 487 g/mol. The fraction of sp³-hybridized carbons (Fsp3) is 0.353. The predicted molar refractivity (Wildman–Crippen MR) is 114 cm³/mol. The minimum atomic E-state index is -0.350. The molecule has 0 spiro atoms. The molecule has 3 rings (SSSR count). The van der Waals surface area contributed by atoms with Gasteiger partial charge in [0, 0.05) is 37.8 Å². The average Bonchev–Trinajstić information content (AvgIpc) is 3.20. The van der Waals surface area contributed by atoms with Crippen molar-refractivity contribution in [1.29, 1.82) is 0 Å². The number of methoxy groups -OCH3 is 1. The van der Waals surface area contributed by atoms with Crippen LogP contribution in [0.2, 0.25) is 0 Å². The molecule has 9 heteroatoms. The van der Waals surface area contributed by atoms with E-state index in [2.05, 4.69) is 19.8 Å². The molecule has 0 bridgehead atoms. The SMILES string of the molecule is COC(=O)c1cccc(CN=C(N)N2CCN(c3nccs3)CC2)c1.I. The van der Waals surface area contributed by atoms with Gasteiger partial charge in [0.2, 0.25) is 0 Å². The maximum Gasteiger partial charge on any atom is 0.337 e. The molecule has 0 aliphatic carbocycles. The Morgan fingerprint density at radius 3 is 2.77 bits per heavy atom. The van der Waals surface area contributed by atoms with Crippen LogP contribution in [0.25, 0.3) is 0 Å². The molecule has 0 amide bonds. The first-order valence-corrected chi connectivity index (χ1v) is 8.92. The second-order valence-electron chi connectivity index (χ2n) is 5.66. The Bertz CT molecular complexity index is 745. The van der Waals surface area contributed by atoms with E-state index in [1.807, 2.05) is 23.7 Å². The molecule has 0 saturated carbocycles. The van der Waals surface area contributed by atoms with Crippen molar-refractivity contribution in [2.24, 2.45) is 10.7 Å². The summed E-state index contributed by atoms with van der Waals surface area (Å²) in [6, 6.07) is 7.24. The van der Waals surface area contributed by atoms with Crippen molar-refractivity contribution < 1.29 is 9.53 Å². The lowest BCUT2D eigenvalue weighted by Gasteiger charge is -2.35. The Labute approximate surface area is 173 Å². The van der Waals surface area contributed by atoms with Gasteiger partial charge < -0.3 is 20.3 Å². The smallest absolute Gasteiger partial charge is 0.337 e. The molecule has 1 aromatic carbocycles. The largest absolute Gasteiger partial charge is 0.465 e. The highest BCUT2D eigenvalue weighted by molar-refractivity contribution is 14.0. The highest BCUT2D eigenvalue weighted by Gasteiger charge is 2.19. The van der Waals surface area contributed by atoms with Crippen molar-refractivity contribution in [2.45, 2.75) is 6.54 Å². The molecular formula is C17H22IN5O2S. The number of thiazole rings is 1. The Balaban J connectivity index is 0.00000243. The van der Waals surface area contributed by atoms with Crippen LogP contribution in [0.4, 0.5) is 5.13 Å². The third-order valence-corrected chi connectivity index (χ3v) is 4.90. The molecule has 0 atom stereocenters. The summed E-state index contributed by atoms with van der Waals surface area (Å²) < 4.78 is 4.74. The molecule has 0 radical (unpaired) electrons. The number of benzene rings is 1. The van der Waals surface area contributed by atoms with Crippen LogP contribution < -0.4 is 10.6 Å². The van der Waals surface area contributed by atoms with Crippen LogP contribution in [0.15, 0.2) is 40.8 Å². The number of piperazine rings is 1. The lowest BCUT2D eigenvalue weighted by atomic mass is 10.1. The molecule has 140 valence electrons. The zero-order valence-corrected chi connectivity index (χ0v) is 17.6. The van der Waals surface area contributed by atoms with Gasteiger partial charge in [-0.2, -0.15) is 0 Å². The summed E-state index contributed by atoms with van der Waals surface area (Å²) in [5.41, 5.74) is 7.58. The van der Waals surface area contributed by atoms with E-state index in [-0.39, 0.29) is 29.9 Å². The number of ether oxygens (including phenoxy) is 1. The first-order chi connectivity index (χ1) is 12.2. The van der Waals surface area contributed by atoms with Gasteiger partial charge in [0.15, 0.2) is 11.1 Å². The molecule has 1 aliphatic rings. The number of aromatic nitrogens is 1. The van der Waals surface area contributed by atoms with E-state index < -0.39 is 0 Å². The second-order valence-corrected chi connectivity index (χ2v) is 6.53. The fourth-order valence-electron chi connectivity index (χ4n) is 2.69. The van der Waals surface area contributed by atoms with Crippen LogP contribution in [0.1, 0.15) is 15.9 Å². The molecule has 26 heavy (non-hydrogen) atoms. The molecule has 1 aromatic heterocycles. The van der Waals surface area contributed by atoms with Crippen molar-refractivity contribution in [3.05, 3.63) is 47.0 Å². The summed E-state index contributed by atoms with van der Waals surface area (Å²) in [4.78, 5) is 24.7. The summed E-state index contributed by atoms with van der Waals surface area (Å²) in [6.45, 7) is 3.82. The van der Waals surface area contributed by atoms with E-state index >= 15 is 0 Å². The van der Waals surface area contributed by atoms with Crippen molar-refractivity contribution in [2.75, 3.05) is 38.2 Å². The normalized spacial score (nSPS) is 14.7. The van der Waals surface area contributed by atoms with Crippen LogP contribution in [-0.4, -0.2) is 55.1 Å². The molecule has 2 heterocycles. The van der Waals surface area contributed by atoms with Gasteiger partial charge in [-0.15, -0.1) is 35.3 Å². The van der Waals surface area contributed by atoms with E-state index in [1.54, 1.807) is 23.5 Å². The second kappa shape index (κ2) is 9.72. The number of carbonyl (C=O) groups excluding carboxylic acids is 1. The van der Waals surface area contributed by atoms with E-state index in [0.29, 0.717) is 18.1 Å². The van der Waals surface area contributed by atoms with Gasteiger partial charge in [-0.05, 0) is 17.7 Å². The summed E-state index contributed by atoms with van der Waals surface area (Å²) in [5, 5.41) is 3.04. The average molecular weight is 487 g/mol. The molecular weight excluding hydrogens is 465 g/mol. The Morgan fingerprint density at radius 1 is 1.35 bits per heavy atom. The maximum atomic E-state index is 11.6. The number of carbonyl (C=O) groups is 1. The minimum Gasteiger partial charge on any atom is -0.465 e. The number of hydrogen-bond acceptors (Lipinski definition) is 6. The van der Waals surface area contributed by atoms with E-state index in [0.717, 1.165) is 36.9 Å². The molecule has 0 unspecified atom stereocenters. The minimum absolute atomic E-state index is 0. The van der Waals surface area contributed by atoms with Gasteiger partial charge in [0.05, 0.1) is 19.2 Å². The molecule has 7 nitrogen and oxygen atoms in total.